The minimum absolute atomic E-state index is 0.0568. The Balaban J connectivity index is 2.42. The first-order chi connectivity index (χ1) is 8.19. The van der Waals surface area contributed by atoms with Gasteiger partial charge in [0.1, 0.15) is 0 Å². The molecule has 0 aromatic rings. The molecule has 17 heavy (non-hydrogen) atoms. The van der Waals surface area contributed by atoms with Gasteiger partial charge in [-0.3, -0.25) is 9.59 Å². The van der Waals surface area contributed by atoms with Gasteiger partial charge in [0.25, 0.3) is 0 Å². The molecular formula is C12H21NO4. The molecule has 1 rings (SSSR count). The molecule has 1 saturated heterocycles. The number of ether oxygens (including phenoxy) is 2. The van der Waals surface area contributed by atoms with Gasteiger partial charge in [0.05, 0.1) is 13.5 Å². The van der Waals surface area contributed by atoms with E-state index in [0.29, 0.717) is 26.3 Å². The SMILES string of the molecule is CCN(CCC(=O)OC)C(=O)C1CCOCC1. The number of carbonyl (C=O) groups excluding carboxylic acids is 2. The van der Waals surface area contributed by atoms with Crippen LogP contribution in [-0.2, 0) is 19.1 Å². The highest BCUT2D eigenvalue weighted by Gasteiger charge is 2.25. The smallest absolute Gasteiger partial charge is 0.307 e. The molecular weight excluding hydrogens is 222 g/mol. The Morgan fingerprint density at radius 1 is 1.35 bits per heavy atom. The molecule has 0 spiro atoms. The molecule has 1 aliphatic rings. The van der Waals surface area contributed by atoms with Crippen molar-refractivity contribution in [3.05, 3.63) is 0 Å². The lowest BCUT2D eigenvalue weighted by molar-refractivity contribution is -0.143. The summed E-state index contributed by atoms with van der Waals surface area (Å²) in [4.78, 5) is 24.9. The molecule has 0 atom stereocenters. The fourth-order valence-corrected chi connectivity index (χ4v) is 1.96. The zero-order chi connectivity index (χ0) is 12.7. The van der Waals surface area contributed by atoms with Gasteiger partial charge in [0.15, 0.2) is 0 Å². The molecule has 1 amide bonds. The summed E-state index contributed by atoms with van der Waals surface area (Å²) in [6.45, 7) is 4.32. The van der Waals surface area contributed by atoms with Gasteiger partial charge in [-0.15, -0.1) is 0 Å². The normalized spacial score (nSPS) is 16.6. The van der Waals surface area contributed by atoms with Crippen molar-refractivity contribution in [2.24, 2.45) is 5.92 Å². The van der Waals surface area contributed by atoms with Gasteiger partial charge in [-0.2, -0.15) is 0 Å². The molecule has 0 saturated carbocycles. The van der Waals surface area contributed by atoms with Crippen molar-refractivity contribution in [2.45, 2.75) is 26.2 Å². The molecule has 0 bridgehead atoms. The van der Waals surface area contributed by atoms with Crippen LogP contribution in [0.5, 0.6) is 0 Å². The third kappa shape index (κ3) is 4.34. The first kappa shape index (κ1) is 14.0. The molecule has 0 aromatic heterocycles. The second-order valence-electron chi connectivity index (χ2n) is 4.13. The Morgan fingerprint density at radius 3 is 2.53 bits per heavy atom. The summed E-state index contributed by atoms with van der Waals surface area (Å²) in [5.74, 6) is -0.0794. The van der Waals surface area contributed by atoms with Crippen LogP contribution >= 0.6 is 0 Å². The Bertz CT molecular complexity index is 261. The third-order valence-corrected chi connectivity index (χ3v) is 3.08. The van der Waals surface area contributed by atoms with Crippen LogP contribution in [-0.4, -0.2) is 50.2 Å². The quantitative estimate of drug-likeness (QED) is 0.671. The zero-order valence-corrected chi connectivity index (χ0v) is 10.6. The van der Waals surface area contributed by atoms with Gasteiger partial charge < -0.3 is 14.4 Å². The maximum Gasteiger partial charge on any atom is 0.307 e. The predicted octanol–water partition coefficient (Wildman–Crippen LogP) is 0.825. The molecule has 0 radical (unpaired) electrons. The average molecular weight is 243 g/mol. The highest BCUT2D eigenvalue weighted by atomic mass is 16.5. The molecule has 0 N–H and O–H groups in total. The number of hydrogen-bond donors (Lipinski definition) is 0. The Labute approximate surface area is 102 Å². The highest BCUT2D eigenvalue weighted by Crippen LogP contribution is 2.17. The van der Waals surface area contributed by atoms with Crippen LogP contribution < -0.4 is 0 Å². The molecule has 0 unspecified atom stereocenters. The van der Waals surface area contributed by atoms with Gasteiger partial charge >= 0.3 is 5.97 Å². The first-order valence-corrected chi connectivity index (χ1v) is 6.12. The molecule has 5 heteroatoms. The fraction of sp³-hybridized carbons (Fsp3) is 0.833. The molecule has 0 aliphatic carbocycles. The van der Waals surface area contributed by atoms with Crippen LogP contribution in [0.1, 0.15) is 26.2 Å². The number of methoxy groups -OCH3 is 1. The first-order valence-electron chi connectivity index (χ1n) is 6.12. The van der Waals surface area contributed by atoms with E-state index in [1.807, 2.05) is 6.92 Å². The van der Waals surface area contributed by atoms with Crippen LogP contribution in [0.25, 0.3) is 0 Å². The van der Waals surface area contributed by atoms with E-state index in [1.165, 1.54) is 7.11 Å². The monoisotopic (exact) mass is 243 g/mol. The van der Waals surface area contributed by atoms with E-state index in [1.54, 1.807) is 4.90 Å². The topological polar surface area (TPSA) is 55.8 Å². The molecule has 1 fully saturated rings. The number of hydrogen-bond acceptors (Lipinski definition) is 4. The van der Waals surface area contributed by atoms with Gasteiger partial charge in [-0.05, 0) is 19.8 Å². The van der Waals surface area contributed by atoms with E-state index in [2.05, 4.69) is 4.74 Å². The zero-order valence-electron chi connectivity index (χ0n) is 10.6. The number of esters is 1. The number of nitrogens with zero attached hydrogens (tertiary/aromatic N) is 1. The number of carbonyl (C=O) groups is 2. The van der Waals surface area contributed by atoms with Gasteiger partial charge in [0, 0.05) is 32.2 Å². The van der Waals surface area contributed by atoms with E-state index < -0.39 is 0 Å². The van der Waals surface area contributed by atoms with Gasteiger partial charge in [-0.1, -0.05) is 0 Å². The summed E-state index contributed by atoms with van der Waals surface area (Å²) in [5.41, 5.74) is 0. The number of amides is 1. The van der Waals surface area contributed by atoms with E-state index in [4.69, 9.17) is 4.74 Å². The summed E-state index contributed by atoms with van der Waals surface area (Å²) in [5, 5.41) is 0. The Morgan fingerprint density at radius 2 is 2.00 bits per heavy atom. The van der Waals surface area contributed by atoms with Crippen molar-refractivity contribution in [2.75, 3.05) is 33.4 Å². The van der Waals surface area contributed by atoms with Crippen LogP contribution in [0.4, 0.5) is 0 Å². The summed E-state index contributed by atoms with van der Waals surface area (Å²) >= 11 is 0. The third-order valence-electron chi connectivity index (χ3n) is 3.08. The Hall–Kier alpha value is -1.10. The van der Waals surface area contributed by atoms with Crippen LogP contribution in [0, 0.1) is 5.92 Å². The minimum atomic E-state index is -0.275. The van der Waals surface area contributed by atoms with Crippen molar-refractivity contribution >= 4 is 11.9 Å². The molecule has 1 aliphatic heterocycles. The summed E-state index contributed by atoms with van der Waals surface area (Å²) in [6, 6.07) is 0. The average Bonchev–Trinajstić information content (AvgIpc) is 2.39. The second-order valence-corrected chi connectivity index (χ2v) is 4.13. The predicted molar refractivity (Wildman–Crippen MR) is 62.4 cm³/mol. The largest absolute Gasteiger partial charge is 0.469 e. The maximum atomic E-state index is 12.1. The van der Waals surface area contributed by atoms with Crippen LogP contribution in [0.3, 0.4) is 0 Å². The molecule has 0 aromatic carbocycles. The minimum Gasteiger partial charge on any atom is -0.469 e. The van der Waals surface area contributed by atoms with E-state index >= 15 is 0 Å². The van der Waals surface area contributed by atoms with Crippen molar-refractivity contribution in [1.82, 2.24) is 4.90 Å². The fourth-order valence-electron chi connectivity index (χ4n) is 1.96. The van der Waals surface area contributed by atoms with Crippen molar-refractivity contribution < 1.29 is 19.1 Å². The number of rotatable bonds is 5. The Kier molecular flexibility index (Phi) is 5.97. The standard InChI is InChI=1S/C12H21NO4/c1-3-13(7-4-11(14)16-2)12(15)10-5-8-17-9-6-10/h10H,3-9H2,1-2H3. The van der Waals surface area contributed by atoms with Crippen molar-refractivity contribution in [3.8, 4) is 0 Å². The van der Waals surface area contributed by atoms with Crippen LogP contribution in [0.15, 0.2) is 0 Å². The lowest BCUT2D eigenvalue weighted by Gasteiger charge is -2.28. The maximum absolute atomic E-state index is 12.1. The van der Waals surface area contributed by atoms with Crippen molar-refractivity contribution in [3.63, 3.8) is 0 Å². The van der Waals surface area contributed by atoms with E-state index in [9.17, 15) is 9.59 Å². The lowest BCUT2D eigenvalue weighted by Crippen LogP contribution is -2.39. The van der Waals surface area contributed by atoms with Gasteiger partial charge in [0.2, 0.25) is 5.91 Å². The lowest BCUT2D eigenvalue weighted by atomic mass is 9.98. The summed E-state index contributed by atoms with van der Waals surface area (Å²) in [7, 11) is 1.36. The molecule has 5 nitrogen and oxygen atoms in total. The van der Waals surface area contributed by atoms with Crippen molar-refractivity contribution in [1.29, 1.82) is 0 Å². The highest BCUT2D eigenvalue weighted by molar-refractivity contribution is 5.79. The van der Waals surface area contributed by atoms with Crippen LogP contribution in [0.2, 0.25) is 0 Å². The van der Waals surface area contributed by atoms with Gasteiger partial charge in [-0.25, -0.2) is 0 Å². The molecule has 98 valence electrons. The second kappa shape index (κ2) is 7.27. The molecule has 1 heterocycles. The van der Waals surface area contributed by atoms with E-state index in [0.717, 1.165) is 12.8 Å². The summed E-state index contributed by atoms with van der Waals surface area (Å²) in [6.07, 6.45) is 1.83. The summed E-state index contributed by atoms with van der Waals surface area (Å²) < 4.78 is 9.81. The van der Waals surface area contributed by atoms with E-state index in [-0.39, 0.29) is 24.2 Å².